The summed E-state index contributed by atoms with van der Waals surface area (Å²) in [5.41, 5.74) is -0.557. The fraction of sp³-hybridized carbons (Fsp3) is 0.615. The standard InChI is InChI=1S/C13H18BrNO3/c1-13(9-12(16)17,10-5-6-11(14)18-10)15-7-3-2-4-8-15/h5-6H,2-4,7-9H2,1H3,(H,16,17). The summed E-state index contributed by atoms with van der Waals surface area (Å²) in [5, 5.41) is 9.17. The number of aliphatic carboxylic acids is 1. The molecule has 1 aliphatic heterocycles. The van der Waals surface area contributed by atoms with Crippen molar-refractivity contribution in [3.8, 4) is 0 Å². The van der Waals surface area contributed by atoms with Gasteiger partial charge in [0.1, 0.15) is 5.76 Å². The van der Waals surface area contributed by atoms with E-state index in [4.69, 9.17) is 9.52 Å². The Morgan fingerprint density at radius 2 is 2.11 bits per heavy atom. The second kappa shape index (κ2) is 5.45. The average molecular weight is 316 g/mol. The van der Waals surface area contributed by atoms with Crippen molar-refractivity contribution < 1.29 is 14.3 Å². The van der Waals surface area contributed by atoms with Crippen LogP contribution < -0.4 is 0 Å². The number of piperidine rings is 1. The van der Waals surface area contributed by atoms with Crippen molar-refractivity contribution in [2.45, 2.75) is 38.1 Å². The minimum atomic E-state index is -0.796. The molecule has 1 atom stereocenters. The Morgan fingerprint density at radius 3 is 2.61 bits per heavy atom. The summed E-state index contributed by atoms with van der Waals surface area (Å²) in [6, 6.07) is 3.68. The van der Waals surface area contributed by atoms with E-state index in [0.717, 1.165) is 31.7 Å². The fourth-order valence-electron chi connectivity index (χ4n) is 2.64. The van der Waals surface area contributed by atoms with Crippen LogP contribution in [0.3, 0.4) is 0 Å². The van der Waals surface area contributed by atoms with Crippen molar-refractivity contribution in [2.75, 3.05) is 13.1 Å². The maximum absolute atomic E-state index is 11.2. The van der Waals surface area contributed by atoms with Crippen LogP contribution in [0.25, 0.3) is 0 Å². The van der Waals surface area contributed by atoms with Gasteiger partial charge >= 0.3 is 5.97 Å². The molecule has 4 nitrogen and oxygen atoms in total. The summed E-state index contributed by atoms with van der Waals surface area (Å²) in [6.45, 7) is 3.82. The molecule has 1 aliphatic rings. The number of carbonyl (C=O) groups is 1. The normalized spacial score (nSPS) is 20.6. The molecule has 1 N–H and O–H groups in total. The predicted octanol–water partition coefficient (Wildman–Crippen LogP) is 3.22. The molecule has 1 fully saturated rings. The van der Waals surface area contributed by atoms with Crippen LogP contribution in [0.4, 0.5) is 0 Å². The molecule has 0 aliphatic carbocycles. The van der Waals surface area contributed by atoms with E-state index in [1.165, 1.54) is 6.42 Å². The Hall–Kier alpha value is -0.810. The molecule has 1 unspecified atom stereocenters. The minimum Gasteiger partial charge on any atom is -0.481 e. The van der Waals surface area contributed by atoms with Gasteiger partial charge in [0.05, 0.1) is 12.0 Å². The zero-order valence-corrected chi connectivity index (χ0v) is 12.1. The fourth-order valence-corrected chi connectivity index (χ4v) is 2.95. The van der Waals surface area contributed by atoms with Gasteiger partial charge in [0.25, 0.3) is 0 Å². The Labute approximate surface area is 115 Å². The number of hydrogen-bond acceptors (Lipinski definition) is 3. The van der Waals surface area contributed by atoms with E-state index in [9.17, 15) is 4.79 Å². The van der Waals surface area contributed by atoms with Crippen molar-refractivity contribution in [3.05, 3.63) is 22.6 Å². The molecule has 0 spiro atoms. The molecular formula is C13H18BrNO3. The Kier molecular flexibility index (Phi) is 4.12. The summed E-state index contributed by atoms with van der Waals surface area (Å²) in [6.07, 6.45) is 3.53. The summed E-state index contributed by atoms with van der Waals surface area (Å²) in [5.74, 6) is -0.0747. The molecule has 2 heterocycles. The first-order valence-electron chi connectivity index (χ1n) is 6.25. The lowest BCUT2D eigenvalue weighted by atomic mass is 9.90. The van der Waals surface area contributed by atoms with E-state index in [1.807, 2.05) is 19.1 Å². The Bertz CT molecular complexity index is 426. The van der Waals surface area contributed by atoms with E-state index in [1.54, 1.807) is 0 Å². The number of rotatable bonds is 4. The third kappa shape index (κ3) is 2.78. The van der Waals surface area contributed by atoms with Gasteiger partial charge in [0, 0.05) is 0 Å². The Balaban J connectivity index is 2.29. The molecule has 1 aromatic rings. The summed E-state index contributed by atoms with van der Waals surface area (Å²) in [4.78, 5) is 13.4. The predicted molar refractivity (Wildman–Crippen MR) is 71.4 cm³/mol. The molecule has 100 valence electrons. The van der Waals surface area contributed by atoms with Gasteiger partial charge in [-0.05, 0) is 60.9 Å². The van der Waals surface area contributed by atoms with Crippen LogP contribution in [0, 0.1) is 0 Å². The van der Waals surface area contributed by atoms with Crippen LogP contribution in [-0.2, 0) is 10.3 Å². The summed E-state index contributed by atoms with van der Waals surface area (Å²) in [7, 11) is 0. The van der Waals surface area contributed by atoms with Gasteiger partial charge in [-0.3, -0.25) is 9.69 Å². The number of furan rings is 1. The zero-order chi connectivity index (χ0) is 13.2. The van der Waals surface area contributed by atoms with Crippen LogP contribution in [0.2, 0.25) is 0 Å². The number of hydrogen-bond donors (Lipinski definition) is 1. The van der Waals surface area contributed by atoms with E-state index in [2.05, 4.69) is 20.8 Å². The van der Waals surface area contributed by atoms with Gasteiger partial charge in [0.2, 0.25) is 0 Å². The largest absolute Gasteiger partial charge is 0.481 e. The van der Waals surface area contributed by atoms with E-state index < -0.39 is 11.5 Å². The molecule has 0 saturated carbocycles. The van der Waals surface area contributed by atoms with E-state index in [-0.39, 0.29) is 6.42 Å². The molecule has 0 bridgehead atoms. The minimum absolute atomic E-state index is 0.0625. The number of carboxylic acids is 1. The van der Waals surface area contributed by atoms with Crippen LogP contribution >= 0.6 is 15.9 Å². The van der Waals surface area contributed by atoms with Crippen molar-refractivity contribution in [3.63, 3.8) is 0 Å². The molecule has 0 amide bonds. The zero-order valence-electron chi connectivity index (χ0n) is 10.5. The molecule has 5 heteroatoms. The van der Waals surface area contributed by atoms with Gasteiger partial charge in [-0.25, -0.2) is 0 Å². The highest BCUT2D eigenvalue weighted by atomic mass is 79.9. The lowest BCUT2D eigenvalue weighted by Gasteiger charge is -2.41. The smallest absolute Gasteiger partial charge is 0.305 e. The highest BCUT2D eigenvalue weighted by molar-refractivity contribution is 9.10. The molecule has 1 aromatic heterocycles. The van der Waals surface area contributed by atoms with E-state index in [0.29, 0.717) is 4.67 Å². The highest BCUT2D eigenvalue weighted by Crippen LogP contribution is 2.36. The molecule has 18 heavy (non-hydrogen) atoms. The lowest BCUT2D eigenvalue weighted by molar-refractivity contribution is -0.141. The van der Waals surface area contributed by atoms with Crippen molar-refractivity contribution in [1.82, 2.24) is 4.90 Å². The second-order valence-electron chi connectivity index (χ2n) is 5.00. The first kappa shape index (κ1) is 13.6. The van der Waals surface area contributed by atoms with Crippen molar-refractivity contribution in [1.29, 1.82) is 0 Å². The molecular weight excluding hydrogens is 298 g/mol. The molecule has 0 radical (unpaired) electrons. The number of halogens is 1. The maximum atomic E-state index is 11.2. The monoisotopic (exact) mass is 315 g/mol. The van der Waals surface area contributed by atoms with Crippen LogP contribution in [-0.4, -0.2) is 29.1 Å². The van der Waals surface area contributed by atoms with Crippen molar-refractivity contribution in [2.24, 2.45) is 0 Å². The average Bonchev–Trinajstić information content (AvgIpc) is 2.77. The summed E-state index contributed by atoms with van der Waals surface area (Å²) >= 11 is 3.28. The topological polar surface area (TPSA) is 53.7 Å². The number of likely N-dealkylation sites (tertiary alicyclic amines) is 1. The van der Waals surface area contributed by atoms with Crippen molar-refractivity contribution >= 4 is 21.9 Å². The third-order valence-electron chi connectivity index (χ3n) is 3.65. The van der Waals surface area contributed by atoms with Crippen LogP contribution in [0.1, 0.15) is 38.4 Å². The number of nitrogens with zero attached hydrogens (tertiary/aromatic N) is 1. The number of carboxylic acid groups (broad SMARTS) is 1. The lowest BCUT2D eigenvalue weighted by Crippen LogP contribution is -2.47. The Morgan fingerprint density at radius 1 is 1.44 bits per heavy atom. The van der Waals surface area contributed by atoms with Gasteiger partial charge in [-0.1, -0.05) is 6.42 Å². The van der Waals surface area contributed by atoms with Gasteiger partial charge in [0.15, 0.2) is 4.67 Å². The summed E-state index contributed by atoms with van der Waals surface area (Å²) < 4.78 is 6.26. The molecule has 1 saturated heterocycles. The van der Waals surface area contributed by atoms with Gasteiger partial charge < -0.3 is 9.52 Å². The van der Waals surface area contributed by atoms with Gasteiger partial charge in [-0.2, -0.15) is 0 Å². The molecule has 0 aromatic carbocycles. The quantitative estimate of drug-likeness (QED) is 0.927. The maximum Gasteiger partial charge on any atom is 0.305 e. The van der Waals surface area contributed by atoms with Crippen LogP contribution in [0.15, 0.2) is 21.2 Å². The third-order valence-corrected chi connectivity index (χ3v) is 4.08. The second-order valence-corrected chi connectivity index (χ2v) is 5.78. The van der Waals surface area contributed by atoms with Gasteiger partial charge in [-0.15, -0.1) is 0 Å². The highest BCUT2D eigenvalue weighted by Gasteiger charge is 2.39. The first-order chi connectivity index (χ1) is 8.52. The van der Waals surface area contributed by atoms with E-state index >= 15 is 0 Å². The SMILES string of the molecule is CC(CC(=O)O)(c1ccc(Br)o1)N1CCCCC1. The van der Waals surface area contributed by atoms with Crippen LogP contribution in [0.5, 0.6) is 0 Å². The molecule has 2 rings (SSSR count). The first-order valence-corrected chi connectivity index (χ1v) is 7.04.